The smallest absolute Gasteiger partial charge is 0.399 e. The summed E-state index contributed by atoms with van der Waals surface area (Å²) in [6, 6.07) is 14.1. The average molecular weight is 340 g/mol. The summed E-state index contributed by atoms with van der Waals surface area (Å²) in [4.78, 5) is 10.3. The molecule has 130 valence electrons. The van der Waals surface area contributed by atoms with Gasteiger partial charge in [0.2, 0.25) is 0 Å². The van der Waals surface area contributed by atoms with E-state index < -0.39 is 12.0 Å². The van der Waals surface area contributed by atoms with Crippen molar-refractivity contribution < 1.29 is 14.2 Å². The summed E-state index contributed by atoms with van der Waals surface area (Å²) >= 11 is 0. The Balaban J connectivity index is 1.77. The van der Waals surface area contributed by atoms with Crippen molar-refractivity contribution in [3.63, 3.8) is 0 Å². The van der Waals surface area contributed by atoms with Gasteiger partial charge in [-0.25, -0.2) is 0 Å². The Hall–Kier alpha value is -2.38. The molecule has 6 nitrogen and oxygen atoms in total. The Bertz CT molecular complexity index is 774. The predicted molar refractivity (Wildman–Crippen MR) is 98.5 cm³/mol. The molecule has 1 aliphatic heterocycles. The molecular weight excluding hydrogens is 319 g/mol. The maximum Gasteiger partial charge on any atom is 0.494 e. The van der Waals surface area contributed by atoms with Gasteiger partial charge in [-0.1, -0.05) is 12.1 Å². The number of rotatable bonds is 4. The second-order valence-electron chi connectivity index (χ2n) is 7.14. The van der Waals surface area contributed by atoms with Crippen LogP contribution in [0.25, 0.3) is 0 Å². The molecule has 2 aromatic carbocycles. The first-order valence-electron chi connectivity index (χ1n) is 8.15. The number of hydrogen-bond acceptors (Lipinski definition) is 5. The van der Waals surface area contributed by atoms with Gasteiger partial charge in [-0.05, 0) is 57.4 Å². The number of benzene rings is 2. The summed E-state index contributed by atoms with van der Waals surface area (Å²) in [6.07, 6.45) is 0. The van der Waals surface area contributed by atoms with Crippen LogP contribution < -0.4 is 10.8 Å². The van der Waals surface area contributed by atoms with Gasteiger partial charge in [0.15, 0.2) is 0 Å². The highest BCUT2D eigenvalue weighted by Crippen LogP contribution is 2.36. The molecule has 0 saturated carbocycles. The van der Waals surface area contributed by atoms with Crippen molar-refractivity contribution in [3.05, 3.63) is 58.6 Å². The van der Waals surface area contributed by atoms with Crippen LogP contribution in [-0.2, 0) is 9.31 Å². The van der Waals surface area contributed by atoms with Gasteiger partial charge < -0.3 is 14.6 Å². The zero-order chi connectivity index (χ0) is 18.2. The highest BCUT2D eigenvalue weighted by Gasteiger charge is 2.51. The molecule has 1 fully saturated rings. The predicted octanol–water partition coefficient (Wildman–Crippen LogP) is 3.64. The van der Waals surface area contributed by atoms with E-state index >= 15 is 0 Å². The quantitative estimate of drug-likeness (QED) is 0.523. The van der Waals surface area contributed by atoms with E-state index in [0.717, 1.165) is 16.8 Å². The Morgan fingerprint density at radius 3 is 2.12 bits per heavy atom. The van der Waals surface area contributed by atoms with Crippen LogP contribution in [0.1, 0.15) is 27.7 Å². The molecule has 1 N–H and O–H groups in total. The van der Waals surface area contributed by atoms with Gasteiger partial charge in [0.25, 0.3) is 5.69 Å². The molecule has 1 aliphatic rings. The second-order valence-corrected chi connectivity index (χ2v) is 7.14. The third-order valence-electron chi connectivity index (χ3n) is 4.78. The maximum absolute atomic E-state index is 10.7. The first kappa shape index (κ1) is 17.4. The Kier molecular flexibility index (Phi) is 4.30. The van der Waals surface area contributed by atoms with E-state index in [1.54, 1.807) is 12.1 Å². The highest BCUT2D eigenvalue weighted by molar-refractivity contribution is 6.62. The van der Waals surface area contributed by atoms with Crippen molar-refractivity contribution in [1.29, 1.82) is 0 Å². The summed E-state index contributed by atoms with van der Waals surface area (Å²) in [5, 5.41) is 14.0. The SMILES string of the molecule is CC1(C)OB(c2cccc(Nc3ccc([N+](=O)[O-])cc3)c2)OC1(C)C. The van der Waals surface area contributed by atoms with Crippen molar-refractivity contribution >= 4 is 29.6 Å². The van der Waals surface area contributed by atoms with Crippen LogP contribution in [0.4, 0.5) is 17.1 Å². The zero-order valence-electron chi connectivity index (χ0n) is 14.8. The largest absolute Gasteiger partial charge is 0.494 e. The van der Waals surface area contributed by atoms with Crippen LogP contribution in [0.3, 0.4) is 0 Å². The monoisotopic (exact) mass is 340 g/mol. The average Bonchev–Trinajstić information content (AvgIpc) is 2.76. The summed E-state index contributed by atoms with van der Waals surface area (Å²) in [6.45, 7) is 8.08. The van der Waals surface area contributed by atoms with E-state index in [4.69, 9.17) is 9.31 Å². The lowest BCUT2D eigenvalue weighted by Crippen LogP contribution is -2.41. The van der Waals surface area contributed by atoms with Crippen molar-refractivity contribution in [2.75, 3.05) is 5.32 Å². The molecule has 0 atom stereocenters. The van der Waals surface area contributed by atoms with Crippen LogP contribution in [0, 0.1) is 10.1 Å². The second kappa shape index (κ2) is 6.17. The summed E-state index contributed by atoms with van der Waals surface area (Å²) in [7, 11) is -0.427. The molecule has 0 aliphatic carbocycles. The Morgan fingerprint density at radius 2 is 1.56 bits per heavy atom. The fourth-order valence-electron chi connectivity index (χ4n) is 2.58. The number of nitrogens with zero attached hydrogens (tertiary/aromatic N) is 1. The number of anilines is 2. The van der Waals surface area contributed by atoms with Crippen LogP contribution in [0.5, 0.6) is 0 Å². The lowest BCUT2D eigenvalue weighted by atomic mass is 9.79. The molecule has 0 amide bonds. The molecule has 1 heterocycles. The van der Waals surface area contributed by atoms with Crippen molar-refractivity contribution in [2.45, 2.75) is 38.9 Å². The topological polar surface area (TPSA) is 73.6 Å². The molecule has 1 saturated heterocycles. The third-order valence-corrected chi connectivity index (χ3v) is 4.78. The fraction of sp³-hybridized carbons (Fsp3) is 0.333. The molecule has 7 heteroatoms. The zero-order valence-corrected chi connectivity index (χ0v) is 14.8. The van der Waals surface area contributed by atoms with Crippen LogP contribution in [-0.4, -0.2) is 23.2 Å². The molecule has 2 aromatic rings. The molecule has 3 rings (SSSR count). The van der Waals surface area contributed by atoms with Gasteiger partial charge in [0.1, 0.15) is 0 Å². The van der Waals surface area contributed by atoms with Gasteiger partial charge in [0, 0.05) is 23.5 Å². The Labute approximate surface area is 147 Å². The summed E-state index contributed by atoms with van der Waals surface area (Å²) < 4.78 is 12.1. The minimum atomic E-state index is -0.427. The number of non-ortho nitro benzene ring substituents is 1. The number of nitrogens with one attached hydrogen (secondary N) is 1. The van der Waals surface area contributed by atoms with E-state index in [0.29, 0.717) is 0 Å². The fourth-order valence-corrected chi connectivity index (χ4v) is 2.58. The van der Waals surface area contributed by atoms with Crippen LogP contribution in [0.15, 0.2) is 48.5 Å². The van der Waals surface area contributed by atoms with Gasteiger partial charge >= 0.3 is 7.12 Å². The lowest BCUT2D eigenvalue weighted by molar-refractivity contribution is -0.384. The third kappa shape index (κ3) is 3.52. The van der Waals surface area contributed by atoms with E-state index in [1.165, 1.54) is 12.1 Å². The van der Waals surface area contributed by atoms with E-state index in [1.807, 2.05) is 52.0 Å². The first-order chi connectivity index (χ1) is 11.7. The number of nitro benzene ring substituents is 1. The number of hydrogen-bond donors (Lipinski definition) is 1. The molecular formula is C18H21BN2O4. The standard InChI is InChI=1S/C18H21BN2O4/c1-17(2)18(3,4)25-19(24-17)13-6-5-7-15(12-13)20-14-8-10-16(11-9-14)21(22)23/h5-12,20H,1-4H3. The van der Waals surface area contributed by atoms with Crippen molar-refractivity contribution in [1.82, 2.24) is 0 Å². The molecule has 0 spiro atoms. The van der Waals surface area contributed by atoms with Crippen LogP contribution >= 0.6 is 0 Å². The minimum Gasteiger partial charge on any atom is -0.399 e. The molecule has 0 aromatic heterocycles. The minimum absolute atomic E-state index is 0.0662. The van der Waals surface area contributed by atoms with Gasteiger partial charge in [-0.3, -0.25) is 10.1 Å². The molecule has 25 heavy (non-hydrogen) atoms. The number of nitro groups is 1. The highest BCUT2D eigenvalue weighted by atomic mass is 16.7. The van der Waals surface area contributed by atoms with Gasteiger partial charge in [-0.15, -0.1) is 0 Å². The van der Waals surface area contributed by atoms with Gasteiger partial charge in [0.05, 0.1) is 16.1 Å². The van der Waals surface area contributed by atoms with Gasteiger partial charge in [-0.2, -0.15) is 0 Å². The molecule has 0 radical (unpaired) electrons. The van der Waals surface area contributed by atoms with Crippen LogP contribution in [0.2, 0.25) is 0 Å². The van der Waals surface area contributed by atoms with E-state index in [-0.39, 0.29) is 16.9 Å². The van der Waals surface area contributed by atoms with E-state index in [2.05, 4.69) is 5.32 Å². The van der Waals surface area contributed by atoms with Crippen molar-refractivity contribution in [2.24, 2.45) is 0 Å². The first-order valence-corrected chi connectivity index (χ1v) is 8.15. The summed E-state index contributed by atoms with van der Waals surface area (Å²) in [5.74, 6) is 0. The Morgan fingerprint density at radius 1 is 0.960 bits per heavy atom. The normalized spacial score (nSPS) is 18.2. The summed E-state index contributed by atoms with van der Waals surface area (Å²) in [5.41, 5.74) is 1.85. The van der Waals surface area contributed by atoms with E-state index in [9.17, 15) is 10.1 Å². The molecule has 0 unspecified atom stereocenters. The maximum atomic E-state index is 10.7. The molecule has 0 bridgehead atoms. The lowest BCUT2D eigenvalue weighted by Gasteiger charge is -2.32. The van der Waals surface area contributed by atoms with Crippen molar-refractivity contribution in [3.8, 4) is 0 Å².